The first-order chi connectivity index (χ1) is 14.1. The molecular weight excluding hydrogens is 388 g/mol. The predicted octanol–water partition coefficient (Wildman–Crippen LogP) is 5.24. The molecule has 7 heteroatoms. The molecular formula is C22H20N2O4S. The molecule has 0 unspecified atom stereocenters. The van der Waals surface area contributed by atoms with Crippen molar-refractivity contribution in [1.82, 2.24) is 4.98 Å². The Morgan fingerprint density at radius 3 is 2.83 bits per heavy atom. The van der Waals surface area contributed by atoms with Crippen molar-refractivity contribution in [3.63, 3.8) is 0 Å². The zero-order valence-electron chi connectivity index (χ0n) is 16.1. The molecule has 2 aromatic carbocycles. The highest BCUT2D eigenvalue weighted by Gasteiger charge is 2.13. The van der Waals surface area contributed by atoms with Crippen LogP contribution in [0.1, 0.15) is 16.8 Å². The Bertz CT molecular complexity index is 1130. The number of hydrogen-bond acceptors (Lipinski definition) is 7. The number of nitrogens with one attached hydrogen (secondary N) is 1. The van der Waals surface area contributed by atoms with Crippen LogP contribution in [-0.2, 0) is 22.6 Å². The van der Waals surface area contributed by atoms with Gasteiger partial charge in [0.2, 0.25) is 0 Å². The first-order valence-electron chi connectivity index (χ1n) is 9.08. The zero-order valence-corrected chi connectivity index (χ0v) is 16.9. The largest absolute Gasteiger partial charge is 0.497 e. The molecule has 0 fully saturated rings. The summed E-state index contributed by atoms with van der Waals surface area (Å²) in [5.41, 5.74) is 4.34. The van der Waals surface area contributed by atoms with Gasteiger partial charge in [-0.1, -0.05) is 17.7 Å². The number of fused-ring (bicyclic) bond motifs is 1. The number of anilines is 2. The Morgan fingerprint density at radius 1 is 1.21 bits per heavy atom. The van der Waals surface area contributed by atoms with Crippen LogP contribution in [0.5, 0.6) is 5.75 Å². The number of aryl methyl sites for hydroxylation is 1. The van der Waals surface area contributed by atoms with Crippen molar-refractivity contribution in [2.75, 3.05) is 12.4 Å². The highest BCUT2D eigenvalue weighted by atomic mass is 32.1. The number of carbonyl (C=O) groups is 1. The van der Waals surface area contributed by atoms with Gasteiger partial charge in [-0.05, 0) is 31.2 Å². The normalized spacial score (nSPS) is 10.8. The number of hydrogen-bond donors (Lipinski definition) is 1. The summed E-state index contributed by atoms with van der Waals surface area (Å²) in [6, 6.07) is 13.6. The van der Waals surface area contributed by atoms with Gasteiger partial charge in [-0.3, -0.25) is 4.79 Å². The average molecular weight is 408 g/mol. The Labute approximate surface area is 172 Å². The molecule has 2 heterocycles. The maximum atomic E-state index is 12.3. The van der Waals surface area contributed by atoms with Crippen LogP contribution in [0.2, 0.25) is 0 Å². The minimum Gasteiger partial charge on any atom is -0.497 e. The quantitative estimate of drug-likeness (QED) is 0.422. The molecule has 1 N–H and O–H groups in total. The topological polar surface area (TPSA) is 73.6 Å². The van der Waals surface area contributed by atoms with E-state index in [2.05, 4.69) is 10.3 Å². The minimum atomic E-state index is -0.329. The highest BCUT2D eigenvalue weighted by Crippen LogP contribution is 2.26. The van der Waals surface area contributed by atoms with E-state index in [9.17, 15) is 4.79 Å². The summed E-state index contributed by atoms with van der Waals surface area (Å²) in [7, 11) is 1.60. The van der Waals surface area contributed by atoms with Crippen molar-refractivity contribution in [3.05, 3.63) is 70.9 Å². The lowest BCUT2D eigenvalue weighted by molar-refractivity contribution is -0.144. The monoisotopic (exact) mass is 408 g/mol. The average Bonchev–Trinajstić information content (AvgIpc) is 3.34. The summed E-state index contributed by atoms with van der Waals surface area (Å²) in [5, 5.41) is 6.76. The van der Waals surface area contributed by atoms with Crippen LogP contribution in [0.4, 0.5) is 10.8 Å². The fourth-order valence-corrected chi connectivity index (χ4v) is 3.59. The van der Waals surface area contributed by atoms with E-state index in [-0.39, 0.29) is 19.0 Å². The third-order valence-corrected chi connectivity index (χ3v) is 5.24. The summed E-state index contributed by atoms with van der Waals surface area (Å²) >= 11 is 1.47. The van der Waals surface area contributed by atoms with E-state index < -0.39 is 0 Å². The number of nitrogens with zero attached hydrogens (tertiary/aromatic N) is 1. The standard InChI is InChI=1S/C22H20N2O4S/c1-14-3-5-16(6-4-14)23-22-24-17(13-29-22)12-28-21(25)9-15-11-27-20-10-18(26-2)7-8-19(15)20/h3-8,10-11,13H,9,12H2,1-2H3,(H,23,24). The predicted molar refractivity (Wildman–Crippen MR) is 113 cm³/mol. The summed E-state index contributed by atoms with van der Waals surface area (Å²) in [6.45, 7) is 2.18. The number of thiazole rings is 1. The van der Waals surface area contributed by atoms with Crippen LogP contribution >= 0.6 is 11.3 Å². The van der Waals surface area contributed by atoms with Crippen molar-refractivity contribution < 1.29 is 18.7 Å². The van der Waals surface area contributed by atoms with Gasteiger partial charge >= 0.3 is 5.97 Å². The Kier molecular flexibility index (Phi) is 5.48. The molecule has 29 heavy (non-hydrogen) atoms. The van der Waals surface area contributed by atoms with E-state index in [4.69, 9.17) is 13.9 Å². The van der Waals surface area contributed by atoms with Gasteiger partial charge in [-0.2, -0.15) is 0 Å². The molecule has 4 rings (SSSR count). The van der Waals surface area contributed by atoms with Gasteiger partial charge in [0.1, 0.15) is 17.9 Å². The van der Waals surface area contributed by atoms with Crippen LogP contribution < -0.4 is 10.1 Å². The number of aromatic nitrogens is 1. The van der Waals surface area contributed by atoms with E-state index in [1.54, 1.807) is 19.4 Å². The van der Waals surface area contributed by atoms with Crippen LogP contribution in [-0.4, -0.2) is 18.1 Å². The molecule has 0 radical (unpaired) electrons. The molecule has 2 aromatic heterocycles. The number of ether oxygens (including phenoxy) is 2. The SMILES string of the molecule is COc1ccc2c(CC(=O)OCc3csc(Nc4ccc(C)cc4)n3)coc2c1. The first-order valence-corrected chi connectivity index (χ1v) is 9.96. The second-order valence-electron chi connectivity index (χ2n) is 6.60. The van der Waals surface area contributed by atoms with Gasteiger partial charge in [0.15, 0.2) is 5.13 Å². The Hall–Kier alpha value is -3.32. The maximum absolute atomic E-state index is 12.3. The minimum absolute atomic E-state index is 0.133. The molecule has 0 atom stereocenters. The zero-order chi connectivity index (χ0) is 20.2. The molecule has 0 bridgehead atoms. The number of carbonyl (C=O) groups excluding carboxylic acids is 1. The fourth-order valence-electron chi connectivity index (χ4n) is 2.88. The van der Waals surface area contributed by atoms with Crippen LogP contribution in [0.3, 0.4) is 0 Å². The number of rotatable bonds is 7. The lowest BCUT2D eigenvalue weighted by Gasteiger charge is -2.03. The number of methoxy groups -OCH3 is 1. The van der Waals surface area contributed by atoms with Crippen molar-refractivity contribution in [1.29, 1.82) is 0 Å². The third kappa shape index (κ3) is 4.57. The first kappa shape index (κ1) is 19.0. The molecule has 0 aliphatic rings. The highest BCUT2D eigenvalue weighted by molar-refractivity contribution is 7.13. The summed E-state index contributed by atoms with van der Waals surface area (Å²) < 4.78 is 16.1. The van der Waals surface area contributed by atoms with Crippen molar-refractivity contribution in [3.8, 4) is 5.75 Å². The molecule has 148 valence electrons. The number of furan rings is 1. The van der Waals surface area contributed by atoms with Gasteiger partial charge in [0.05, 0.1) is 25.5 Å². The van der Waals surface area contributed by atoms with Crippen LogP contribution in [0.15, 0.2) is 58.5 Å². The summed E-state index contributed by atoms with van der Waals surface area (Å²) in [4.78, 5) is 16.7. The lowest BCUT2D eigenvalue weighted by Crippen LogP contribution is -2.08. The molecule has 0 saturated heterocycles. The number of esters is 1. The van der Waals surface area contributed by atoms with E-state index in [0.717, 1.165) is 21.8 Å². The molecule has 0 amide bonds. The van der Waals surface area contributed by atoms with Crippen LogP contribution in [0.25, 0.3) is 11.0 Å². The van der Waals surface area contributed by atoms with Gasteiger partial charge in [-0.15, -0.1) is 11.3 Å². The van der Waals surface area contributed by atoms with Crippen molar-refractivity contribution in [2.45, 2.75) is 20.0 Å². The van der Waals surface area contributed by atoms with Gasteiger partial charge in [0, 0.05) is 28.1 Å². The van der Waals surface area contributed by atoms with Gasteiger partial charge in [0.25, 0.3) is 0 Å². The van der Waals surface area contributed by atoms with E-state index in [1.165, 1.54) is 16.9 Å². The maximum Gasteiger partial charge on any atom is 0.310 e. The Morgan fingerprint density at radius 2 is 2.03 bits per heavy atom. The van der Waals surface area contributed by atoms with Gasteiger partial charge < -0.3 is 19.2 Å². The summed E-state index contributed by atoms with van der Waals surface area (Å²) in [6.07, 6.45) is 1.72. The molecule has 0 aliphatic carbocycles. The van der Waals surface area contributed by atoms with Crippen molar-refractivity contribution >= 4 is 39.1 Å². The van der Waals surface area contributed by atoms with Gasteiger partial charge in [-0.25, -0.2) is 4.98 Å². The molecule has 6 nitrogen and oxygen atoms in total. The van der Waals surface area contributed by atoms with E-state index in [0.29, 0.717) is 17.0 Å². The van der Waals surface area contributed by atoms with Crippen molar-refractivity contribution in [2.24, 2.45) is 0 Å². The van der Waals surface area contributed by atoms with E-state index in [1.807, 2.05) is 48.7 Å². The smallest absolute Gasteiger partial charge is 0.310 e. The molecule has 0 saturated carbocycles. The van der Waals surface area contributed by atoms with E-state index >= 15 is 0 Å². The Balaban J connectivity index is 1.33. The lowest BCUT2D eigenvalue weighted by atomic mass is 10.1. The fraction of sp³-hybridized carbons (Fsp3) is 0.182. The second-order valence-corrected chi connectivity index (χ2v) is 7.45. The van der Waals surface area contributed by atoms with Crippen LogP contribution in [0, 0.1) is 6.92 Å². The third-order valence-electron chi connectivity index (χ3n) is 4.43. The molecule has 0 spiro atoms. The second kappa shape index (κ2) is 8.36. The molecule has 4 aromatic rings. The molecule has 0 aliphatic heterocycles. The summed E-state index contributed by atoms with van der Waals surface area (Å²) in [5.74, 6) is 0.379. The number of benzene rings is 2.